The van der Waals surface area contributed by atoms with Crippen molar-refractivity contribution in [2.45, 2.75) is 72.8 Å². The summed E-state index contributed by atoms with van der Waals surface area (Å²) in [6.07, 6.45) is 6.03. The van der Waals surface area contributed by atoms with Gasteiger partial charge in [0.25, 0.3) is 11.8 Å². The lowest BCUT2D eigenvalue weighted by Crippen LogP contribution is -2.37. The van der Waals surface area contributed by atoms with Crippen LogP contribution < -0.4 is 0 Å². The lowest BCUT2D eigenvalue weighted by molar-refractivity contribution is -0.141. The van der Waals surface area contributed by atoms with Crippen molar-refractivity contribution in [3.63, 3.8) is 0 Å². The fourth-order valence-electron chi connectivity index (χ4n) is 5.28. The average Bonchev–Trinajstić information content (AvgIpc) is 3.05. The lowest BCUT2D eigenvalue weighted by Gasteiger charge is -2.33. The van der Waals surface area contributed by atoms with Gasteiger partial charge < -0.3 is 0 Å². The normalized spacial score (nSPS) is 24.3. The summed E-state index contributed by atoms with van der Waals surface area (Å²) in [5.41, 5.74) is 4.04. The molecule has 0 bridgehead atoms. The molecule has 0 radical (unpaired) electrons. The van der Waals surface area contributed by atoms with E-state index in [2.05, 4.69) is 59.7 Å². The Morgan fingerprint density at radius 1 is 0.857 bits per heavy atom. The standard InChI is InChI=1S/C25H35NO2/c1-15(2)12-18-8-7-9-19-24(18)20(13-16(3)4)21(14-17(5)6)25(19)26-22(27)10-11-23(26)28/h7-11,15-17,20-21,25H,12-14H2,1-6H3/t20-,21-,25+/m0/s1. The summed E-state index contributed by atoms with van der Waals surface area (Å²) < 4.78 is 0. The Labute approximate surface area is 170 Å². The Balaban J connectivity index is 2.15. The second-order valence-corrected chi connectivity index (χ2v) is 9.87. The van der Waals surface area contributed by atoms with E-state index in [0.717, 1.165) is 19.3 Å². The highest BCUT2D eigenvalue weighted by Gasteiger charge is 2.48. The zero-order valence-corrected chi connectivity index (χ0v) is 18.2. The van der Waals surface area contributed by atoms with Gasteiger partial charge in [-0.2, -0.15) is 0 Å². The van der Waals surface area contributed by atoms with Gasteiger partial charge in [0.2, 0.25) is 0 Å². The number of amides is 2. The number of carbonyl (C=O) groups excluding carboxylic acids is 2. The monoisotopic (exact) mass is 381 g/mol. The van der Waals surface area contributed by atoms with E-state index in [1.54, 1.807) is 0 Å². The number of hydrogen-bond donors (Lipinski definition) is 0. The van der Waals surface area contributed by atoms with E-state index in [1.807, 2.05) is 0 Å². The van der Waals surface area contributed by atoms with Gasteiger partial charge in [-0.15, -0.1) is 0 Å². The molecule has 3 nitrogen and oxygen atoms in total. The first-order valence-electron chi connectivity index (χ1n) is 10.9. The second-order valence-electron chi connectivity index (χ2n) is 9.87. The summed E-state index contributed by atoms with van der Waals surface area (Å²) >= 11 is 0. The lowest BCUT2D eigenvalue weighted by atomic mass is 9.78. The van der Waals surface area contributed by atoms with Crippen molar-refractivity contribution < 1.29 is 9.59 Å². The molecule has 1 aliphatic carbocycles. The molecule has 0 spiro atoms. The Morgan fingerprint density at radius 3 is 2.00 bits per heavy atom. The molecule has 0 saturated heterocycles. The molecular formula is C25H35NO2. The predicted molar refractivity (Wildman–Crippen MR) is 114 cm³/mol. The van der Waals surface area contributed by atoms with E-state index >= 15 is 0 Å². The minimum atomic E-state index is -0.158. The van der Waals surface area contributed by atoms with E-state index < -0.39 is 0 Å². The van der Waals surface area contributed by atoms with Crippen LogP contribution in [0.25, 0.3) is 0 Å². The van der Waals surface area contributed by atoms with Crippen LogP contribution in [0, 0.1) is 23.7 Å². The van der Waals surface area contributed by atoms with E-state index in [9.17, 15) is 9.59 Å². The third-order valence-electron chi connectivity index (χ3n) is 6.06. The van der Waals surface area contributed by atoms with Crippen molar-refractivity contribution in [3.8, 4) is 0 Å². The highest BCUT2D eigenvalue weighted by Crippen LogP contribution is 2.54. The maximum atomic E-state index is 12.6. The fraction of sp³-hybridized carbons (Fsp3) is 0.600. The summed E-state index contributed by atoms with van der Waals surface area (Å²) in [5, 5.41) is 0. The van der Waals surface area contributed by atoms with Crippen molar-refractivity contribution in [1.29, 1.82) is 0 Å². The first-order chi connectivity index (χ1) is 13.2. The van der Waals surface area contributed by atoms with Crippen LogP contribution in [0.2, 0.25) is 0 Å². The van der Waals surface area contributed by atoms with Crippen LogP contribution in [0.5, 0.6) is 0 Å². The van der Waals surface area contributed by atoms with Crippen LogP contribution in [-0.2, 0) is 16.0 Å². The largest absolute Gasteiger partial charge is 0.269 e. The summed E-state index contributed by atoms with van der Waals surface area (Å²) in [4.78, 5) is 26.8. The van der Waals surface area contributed by atoms with Gasteiger partial charge in [0.1, 0.15) is 0 Å². The molecule has 28 heavy (non-hydrogen) atoms. The van der Waals surface area contributed by atoms with Gasteiger partial charge in [-0.05, 0) is 65.5 Å². The predicted octanol–water partition coefficient (Wildman–Crippen LogP) is 5.66. The topological polar surface area (TPSA) is 37.4 Å². The molecule has 0 fully saturated rings. The molecule has 0 N–H and O–H groups in total. The van der Waals surface area contributed by atoms with Crippen LogP contribution in [-0.4, -0.2) is 16.7 Å². The van der Waals surface area contributed by atoms with Crippen molar-refractivity contribution in [2.24, 2.45) is 23.7 Å². The van der Waals surface area contributed by atoms with Gasteiger partial charge in [0.15, 0.2) is 0 Å². The Hall–Kier alpha value is -1.90. The number of rotatable bonds is 7. The fourth-order valence-corrected chi connectivity index (χ4v) is 5.28. The summed E-state index contributed by atoms with van der Waals surface area (Å²) in [6, 6.07) is 6.40. The highest BCUT2D eigenvalue weighted by atomic mass is 16.2. The molecule has 1 aromatic rings. The number of imide groups is 1. The first-order valence-corrected chi connectivity index (χ1v) is 10.9. The van der Waals surface area contributed by atoms with Crippen LogP contribution in [0.15, 0.2) is 30.4 Å². The molecular weight excluding hydrogens is 346 g/mol. The van der Waals surface area contributed by atoms with Crippen molar-refractivity contribution in [1.82, 2.24) is 4.90 Å². The van der Waals surface area contributed by atoms with Gasteiger partial charge >= 0.3 is 0 Å². The molecule has 0 aromatic heterocycles. The van der Waals surface area contributed by atoms with E-state index in [4.69, 9.17) is 0 Å². The Kier molecular flexibility index (Phi) is 6.12. The van der Waals surface area contributed by atoms with Gasteiger partial charge in [-0.25, -0.2) is 0 Å². The number of hydrogen-bond acceptors (Lipinski definition) is 2. The van der Waals surface area contributed by atoms with Crippen LogP contribution >= 0.6 is 0 Å². The molecule has 1 aromatic carbocycles. The maximum absolute atomic E-state index is 12.6. The zero-order chi connectivity index (χ0) is 20.6. The van der Waals surface area contributed by atoms with E-state index in [1.165, 1.54) is 33.7 Å². The Morgan fingerprint density at radius 2 is 1.46 bits per heavy atom. The molecule has 0 saturated carbocycles. The van der Waals surface area contributed by atoms with Gasteiger partial charge in [-0.1, -0.05) is 59.7 Å². The molecule has 152 valence electrons. The summed E-state index contributed by atoms with van der Waals surface area (Å²) in [7, 11) is 0. The van der Waals surface area contributed by atoms with Crippen LogP contribution in [0.3, 0.4) is 0 Å². The third kappa shape index (κ3) is 3.94. The number of nitrogens with zero attached hydrogens (tertiary/aromatic N) is 1. The summed E-state index contributed by atoms with van der Waals surface area (Å²) in [5.74, 6) is 2.04. The number of benzene rings is 1. The average molecular weight is 382 g/mol. The van der Waals surface area contributed by atoms with Crippen molar-refractivity contribution in [2.75, 3.05) is 0 Å². The Bertz CT molecular complexity index is 757. The van der Waals surface area contributed by atoms with Gasteiger partial charge in [0, 0.05) is 12.2 Å². The van der Waals surface area contributed by atoms with Crippen LogP contribution in [0.1, 0.15) is 83.0 Å². The van der Waals surface area contributed by atoms with Gasteiger partial charge in [-0.3, -0.25) is 14.5 Å². The van der Waals surface area contributed by atoms with Crippen LogP contribution in [0.4, 0.5) is 0 Å². The van der Waals surface area contributed by atoms with E-state index in [-0.39, 0.29) is 17.9 Å². The van der Waals surface area contributed by atoms with E-state index in [0.29, 0.717) is 29.6 Å². The zero-order valence-electron chi connectivity index (χ0n) is 18.2. The van der Waals surface area contributed by atoms with Gasteiger partial charge in [0.05, 0.1) is 6.04 Å². The molecule has 1 heterocycles. The molecule has 1 aliphatic heterocycles. The first kappa shape index (κ1) is 20.8. The summed E-state index contributed by atoms with van der Waals surface area (Å²) in [6.45, 7) is 13.6. The SMILES string of the molecule is CC(C)Cc1cccc2c1[C@@H](CC(C)C)[C@H](CC(C)C)[C@@H]2N1C(=O)C=CC1=O. The molecule has 2 amide bonds. The van der Waals surface area contributed by atoms with Crippen molar-refractivity contribution in [3.05, 3.63) is 47.0 Å². The minimum absolute atomic E-state index is 0.136. The maximum Gasteiger partial charge on any atom is 0.254 e. The molecule has 3 atom stereocenters. The quantitative estimate of drug-likeness (QED) is 0.572. The third-order valence-corrected chi connectivity index (χ3v) is 6.06. The molecule has 0 unspecified atom stereocenters. The molecule has 3 rings (SSSR count). The molecule has 3 heteroatoms. The highest BCUT2D eigenvalue weighted by molar-refractivity contribution is 6.13. The smallest absolute Gasteiger partial charge is 0.254 e. The number of carbonyl (C=O) groups is 2. The second kappa shape index (κ2) is 8.23. The minimum Gasteiger partial charge on any atom is -0.269 e. The molecule has 2 aliphatic rings. The number of fused-ring (bicyclic) bond motifs is 1. The van der Waals surface area contributed by atoms with Crippen molar-refractivity contribution >= 4 is 11.8 Å².